The van der Waals surface area contributed by atoms with Crippen LogP contribution in [-0.4, -0.2) is 116 Å². The number of aliphatic hydroxyl groups excluding tert-OH is 7. The molecule has 0 aromatic carbocycles. The molecule has 1 aliphatic heterocycles. The summed E-state index contributed by atoms with van der Waals surface area (Å²) in [5, 5.41) is 71.8. The zero-order valence-electron chi connectivity index (χ0n) is 17.9. The summed E-state index contributed by atoms with van der Waals surface area (Å²) < 4.78 is 15.8. The molecule has 31 heavy (non-hydrogen) atoms. The van der Waals surface area contributed by atoms with Crippen molar-refractivity contribution < 1.29 is 54.8 Å². The van der Waals surface area contributed by atoms with E-state index < -0.39 is 67.1 Å². The van der Waals surface area contributed by atoms with Gasteiger partial charge >= 0.3 is 0 Å². The molecule has 8 atom stereocenters. The Kier molecular flexibility index (Phi) is 11.3. The highest BCUT2D eigenvalue weighted by atomic mass is 16.7. The van der Waals surface area contributed by atoms with Gasteiger partial charge in [0.05, 0.1) is 18.5 Å². The Morgan fingerprint density at radius 3 is 2.42 bits per heavy atom. The summed E-state index contributed by atoms with van der Waals surface area (Å²) in [6.07, 6.45) is -11.9. The van der Waals surface area contributed by atoms with Crippen LogP contribution >= 0.6 is 0 Å². The molecule has 12 nitrogen and oxygen atoms in total. The van der Waals surface area contributed by atoms with Crippen LogP contribution < -0.4 is 5.32 Å². The predicted molar refractivity (Wildman–Crippen MR) is 105 cm³/mol. The first kappa shape index (κ1) is 27.7. The van der Waals surface area contributed by atoms with Gasteiger partial charge in [0.15, 0.2) is 6.10 Å². The summed E-state index contributed by atoms with van der Waals surface area (Å²) in [6.45, 7) is 5.18. The number of amides is 1. The van der Waals surface area contributed by atoms with E-state index >= 15 is 0 Å². The van der Waals surface area contributed by atoms with Crippen LogP contribution in [0.15, 0.2) is 12.3 Å². The molecule has 0 radical (unpaired) electrons. The lowest BCUT2D eigenvalue weighted by Gasteiger charge is -2.34. The molecule has 0 saturated carbocycles. The molecule has 1 amide bonds. The first-order valence-electron chi connectivity index (χ1n) is 10.0. The van der Waals surface area contributed by atoms with E-state index in [-0.39, 0.29) is 6.54 Å². The number of ether oxygens (including phenoxy) is 3. The highest BCUT2D eigenvalue weighted by Crippen LogP contribution is 2.20. The lowest BCUT2D eigenvalue weighted by Crippen LogP contribution is -2.56. The number of carbonyl (C=O) groups is 1. The predicted octanol–water partition coefficient (Wildman–Crippen LogP) is -3.28. The highest BCUT2D eigenvalue weighted by Gasteiger charge is 2.42. The van der Waals surface area contributed by atoms with Crippen LogP contribution in [0, 0.1) is 0 Å². The Morgan fingerprint density at radius 2 is 1.84 bits per heavy atom. The van der Waals surface area contributed by atoms with Crippen molar-refractivity contribution in [1.82, 2.24) is 5.32 Å². The minimum Gasteiger partial charge on any atom is -0.470 e. The molecular weight excluding hydrogens is 418 g/mol. The van der Waals surface area contributed by atoms with E-state index in [0.29, 0.717) is 13.0 Å². The Morgan fingerprint density at radius 1 is 1.19 bits per heavy atom. The highest BCUT2D eigenvalue weighted by molar-refractivity contribution is 5.81. The number of aliphatic hydroxyl groups is 7. The molecule has 0 aromatic heterocycles. The zero-order chi connectivity index (χ0) is 23.8. The molecule has 8 N–H and O–H groups in total. The number of nitrogens with one attached hydrogen (secondary N) is 1. The summed E-state index contributed by atoms with van der Waals surface area (Å²) in [6, 6.07) is 0. The summed E-state index contributed by atoms with van der Waals surface area (Å²) in [7, 11) is 0. The lowest BCUT2D eigenvalue weighted by molar-refractivity contribution is -0.253. The third kappa shape index (κ3) is 8.25. The van der Waals surface area contributed by atoms with Gasteiger partial charge < -0.3 is 55.3 Å². The molecule has 1 heterocycles. The van der Waals surface area contributed by atoms with Gasteiger partial charge in [0.2, 0.25) is 6.29 Å². The molecule has 0 fully saturated rings. The molecule has 4 unspecified atom stereocenters. The van der Waals surface area contributed by atoms with Crippen molar-refractivity contribution in [2.24, 2.45) is 0 Å². The van der Waals surface area contributed by atoms with Crippen molar-refractivity contribution in [1.29, 1.82) is 0 Å². The van der Waals surface area contributed by atoms with E-state index in [9.17, 15) is 40.5 Å². The molecular formula is C19H35NO11. The molecule has 182 valence electrons. The van der Waals surface area contributed by atoms with Gasteiger partial charge in [-0.15, -0.1) is 0 Å². The summed E-state index contributed by atoms with van der Waals surface area (Å²) in [5.74, 6) is -0.962. The normalized spacial score (nSPS) is 28.2. The molecule has 0 aliphatic carbocycles. The van der Waals surface area contributed by atoms with Crippen molar-refractivity contribution in [3.63, 3.8) is 0 Å². The van der Waals surface area contributed by atoms with Gasteiger partial charge in [0.25, 0.3) is 5.91 Å². The Balaban J connectivity index is 2.79. The summed E-state index contributed by atoms with van der Waals surface area (Å²) in [4.78, 5) is 12.2. The SMILES string of the molecule is CCOC(C)(C)CCNC(=O)[C@H](O)[C@@H](O)[C@H](OC1OC=CC(O)C(O)C1O)[C@H](O)CO. The van der Waals surface area contributed by atoms with Crippen LogP contribution in [0.1, 0.15) is 27.2 Å². The van der Waals surface area contributed by atoms with Gasteiger partial charge in [-0.2, -0.15) is 0 Å². The third-order valence-electron chi connectivity index (χ3n) is 4.81. The maximum atomic E-state index is 12.2. The van der Waals surface area contributed by atoms with Gasteiger partial charge in [-0.3, -0.25) is 4.79 Å². The van der Waals surface area contributed by atoms with Crippen LogP contribution in [0.2, 0.25) is 0 Å². The Labute approximate surface area is 180 Å². The maximum Gasteiger partial charge on any atom is 0.251 e. The number of hydrogen-bond acceptors (Lipinski definition) is 11. The lowest BCUT2D eigenvalue weighted by atomic mass is 10.0. The summed E-state index contributed by atoms with van der Waals surface area (Å²) in [5.41, 5.74) is -0.518. The monoisotopic (exact) mass is 453 g/mol. The minimum atomic E-state index is -2.06. The largest absolute Gasteiger partial charge is 0.470 e. The van der Waals surface area contributed by atoms with Crippen LogP contribution in [0.5, 0.6) is 0 Å². The van der Waals surface area contributed by atoms with E-state index in [2.05, 4.69) is 5.32 Å². The van der Waals surface area contributed by atoms with Crippen LogP contribution in [0.25, 0.3) is 0 Å². The zero-order valence-corrected chi connectivity index (χ0v) is 17.9. The topological polar surface area (TPSA) is 198 Å². The van der Waals surface area contributed by atoms with E-state index in [4.69, 9.17) is 14.2 Å². The Hall–Kier alpha value is -1.35. The molecule has 0 saturated heterocycles. The standard InChI is InChI=1S/C19H35NO11/c1-4-30-19(2,3)6-7-20-17(28)14(26)13(25)16(11(23)9-21)31-18-15(27)12(24)10(22)5-8-29-18/h5,8,10-16,18,21-27H,4,6-7,9H2,1-3H3,(H,20,28)/t10?,11-,12?,13-,14-,15?,16-,18?/m1/s1. The molecule has 1 rings (SSSR count). The molecule has 0 spiro atoms. The maximum absolute atomic E-state index is 12.2. The summed E-state index contributed by atoms with van der Waals surface area (Å²) >= 11 is 0. The number of hydrogen-bond donors (Lipinski definition) is 8. The average molecular weight is 453 g/mol. The van der Waals surface area contributed by atoms with E-state index in [0.717, 1.165) is 12.3 Å². The van der Waals surface area contributed by atoms with Gasteiger partial charge in [-0.1, -0.05) is 0 Å². The number of carbonyl (C=O) groups excluding carboxylic acids is 1. The van der Waals surface area contributed by atoms with Crippen molar-refractivity contribution >= 4 is 5.91 Å². The van der Waals surface area contributed by atoms with Crippen molar-refractivity contribution in [2.75, 3.05) is 19.8 Å². The second-order valence-corrected chi connectivity index (χ2v) is 7.82. The average Bonchev–Trinajstić information content (AvgIpc) is 2.83. The van der Waals surface area contributed by atoms with Crippen molar-refractivity contribution in [2.45, 2.75) is 81.8 Å². The quantitative estimate of drug-likeness (QED) is 0.147. The second kappa shape index (κ2) is 12.6. The van der Waals surface area contributed by atoms with E-state index in [1.54, 1.807) is 0 Å². The fourth-order valence-electron chi connectivity index (χ4n) is 2.92. The molecule has 12 heteroatoms. The van der Waals surface area contributed by atoms with Crippen molar-refractivity contribution in [3.8, 4) is 0 Å². The van der Waals surface area contributed by atoms with E-state index in [1.165, 1.54) is 0 Å². The van der Waals surface area contributed by atoms with Crippen LogP contribution in [0.4, 0.5) is 0 Å². The molecule has 1 aliphatic rings. The Bertz CT molecular complexity index is 573. The van der Waals surface area contributed by atoms with Gasteiger partial charge in [0, 0.05) is 13.2 Å². The van der Waals surface area contributed by atoms with Gasteiger partial charge in [0.1, 0.15) is 36.6 Å². The van der Waals surface area contributed by atoms with Gasteiger partial charge in [-0.05, 0) is 33.3 Å². The fraction of sp³-hybridized carbons (Fsp3) is 0.842. The van der Waals surface area contributed by atoms with E-state index in [1.807, 2.05) is 20.8 Å². The number of rotatable bonds is 12. The minimum absolute atomic E-state index is 0.128. The molecule has 0 aromatic rings. The fourth-order valence-corrected chi connectivity index (χ4v) is 2.92. The van der Waals surface area contributed by atoms with Crippen LogP contribution in [0.3, 0.4) is 0 Å². The first-order chi connectivity index (χ1) is 14.4. The van der Waals surface area contributed by atoms with Crippen LogP contribution in [-0.2, 0) is 19.0 Å². The first-order valence-corrected chi connectivity index (χ1v) is 10.0. The van der Waals surface area contributed by atoms with Crippen molar-refractivity contribution in [3.05, 3.63) is 12.3 Å². The third-order valence-corrected chi connectivity index (χ3v) is 4.81. The molecule has 0 bridgehead atoms. The smallest absolute Gasteiger partial charge is 0.251 e. The van der Waals surface area contributed by atoms with Gasteiger partial charge in [-0.25, -0.2) is 0 Å². The second-order valence-electron chi connectivity index (χ2n) is 7.82.